The number of hydrogen-bond donors (Lipinski definition) is 0. The minimum atomic E-state index is 1.29. The van der Waals surface area contributed by atoms with Crippen molar-refractivity contribution < 1.29 is 4.48 Å². The van der Waals surface area contributed by atoms with Gasteiger partial charge in [-0.25, -0.2) is 0 Å². The first-order valence-electron chi connectivity index (χ1n) is 9.67. The van der Waals surface area contributed by atoms with Crippen molar-refractivity contribution in [2.45, 2.75) is 79.1 Å². The van der Waals surface area contributed by atoms with Crippen LogP contribution in [0.15, 0.2) is 0 Å². The fourth-order valence-electron chi connectivity index (χ4n) is 2.90. The second-order valence-electron chi connectivity index (χ2n) is 7.05. The minimum absolute atomic E-state index is 1.29. The number of likely N-dealkylation sites (N-methyl/N-ethyl adjacent to an activating group) is 1. The van der Waals surface area contributed by atoms with Crippen LogP contribution in [0.4, 0.5) is 0 Å². The number of rotatable bonds is 15. The Labute approximate surface area is 135 Å². The van der Waals surface area contributed by atoms with Crippen LogP contribution in [0.1, 0.15) is 79.1 Å². The second-order valence-corrected chi connectivity index (χ2v) is 7.05. The van der Waals surface area contributed by atoms with Crippen LogP contribution in [0.3, 0.4) is 0 Å². The molecule has 0 saturated heterocycles. The van der Waals surface area contributed by atoms with Crippen molar-refractivity contribution in [1.29, 1.82) is 0 Å². The normalized spacial score (nSPS) is 12.3. The van der Waals surface area contributed by atoms with Gasteiger partial charge >= 0.3 is 0 Å². The van der Waals surface area contributed by atoms with E-state index < -0.39 is 0 Å². The van der Waals surface area contributed by atoms with E-state index in [-0.39, 0.29) is 0 Å². The highest BCUT2D eigenvalue weighted by Gasteiger charge is 2.21. The maximum absolute atomic E-state index is 2.72. The van der Waals surface area contributed by atoms with Crippen molar-refractivity contribution in [2.24, 2.45) is 0 Å². The molecule has 0 saturated carbocycles. The Morgan fingerprint density at radius 1 is 0.571 bits per heavy atom. The van der Waals surface area contributed by atoms with Crippen LogP contribution < -0.4 is 0 Å². The molecule has 0 aliphatic carbocycles. The summed E-state index contributed by atoms with van der Waals surface area (Å²) in [6.45, 7) is 17.2. The first-order chi connectivity index (χ1) is 10.1. The average molecular weight is 300 g/mol. The van der Waals surface area contributed by atoms with Crippen molar-refractivity contribution in [1.82, 2.24) is 4.90 Å². The molecule has 0 N–H and O–H groups in total. The summed E-state index contributed by atoms with van der Waals surface area (Å²) in [6, 6.07) is 0. The molecular formula is C19H43N2+. The third kappa shape index (κ3) is 11.2. The quantitative estimate of drug-likeness (QED) is 0.387. The van der Waals surface area contributed by atoms with Crippen LogP contribution in [0.2, 0.25) is 0 Å². The second kappa shape index (κ2) is 13.6. The number of hydrogen-bond acceptors (Lipinski definition) is 1. The zero-order valence-corrected chi connectivity index (χ0v) is 15.8. The third-order valence-corrected chi connectivity index (χ3v) is 4.71. The lowest BCUT2D eigenvalue weighted by Gasteiger charge is -2.37. The van der Waals surface area contributed by atoms with Crippen LogP contribution in [-0.2, 0) is 0 Å². The van der Waals surface area contributed by atoms with Gasteiger partial charge in [-0.15, -0.1) is 0 Å². The molecule has 0 heterocycles. The highest BCUT2D eigenvalue weighted by Crippen LogP contribution is 2.10. The van der Waals surface area contributed by atoms with Crippen LogP contribution in [0.5, 0.6) is 0 Å². The van der Waals surface area contributed by atoms with Gasteiger partial charge in [-0.3, -0.25) is 4.90 Å². The lowest BCUT2D eigenvalue weighted by atomic mass is 10.2. The van der Waals surface area contributed by atoms with E-state index in [9.17, 15) is 0 Å². The molecule has 0 aromatic carbocycles. The SMILES string of the molecule is CCCCN(CCCC)CC[N+](C)(CCCC)CCCC. The largest absolute Gasteiger partial charge is 0.325 e. The van der Waals surface area contributed by atoms with Crippen LogP contribution in [0, 0.1) is 0 Å². The minimum Gasteiger partial charge on any atom is -0.325 e. The van der Waals surface area contributed by atoms with E-state index in [4.69, 9.17) is 0 Å². The first-order valence-corrected chi connectivity index (χ1v) is 9.67. The molecule has 0 aliphatic heterocycles. The van der Waals surface area contributed by atoms with Crippen LogP contribution >= 0.6 is 0 Å². The summed E-state index contributed by atoms with van der Waals surface area (Å²) in [5, 5.41) is 0. The Morgan fingerprint density at radius 2 is 1.00 bits per heavy atom. The lowest BCUT2D eigenvalue weighted by Crippen LogP contribution is -2.50. The van der Waals surface area contributed by atoms with Gasteiger partial charge in [0, 0.05) is 6.54 Å². The summed E-state index contributed by atoms with van der Waals surface area (Å²) in [4.78, 5) is 2.72. The van der Waals surface area contributed by atoms with Gasteiger partial charge in [0.15, 0.2) is 0 Å². The fraction of sp³-hybridized carbons (Fsp3) is 1.00. The summed E-state index contributed by atoms with van der Waals surface area (Å²) >= 11 is 0. The smallest absolute Gasteiger partial charge is 0.0913 e. The molecule has 0 fully saturated rings. The molecule has 0 bridgehead atoms. The molecule has 0 aromatic heterocycles. The predicted octanol–water partition coefficient (Wildman–Crippen LogP) is 4.94. The molecule has 21 heavy (non-hydrogen) atoms. The van der Waals surface area contributed by atoms with E-state index in [0.717, 1.165) is 0 Å². The summed E-state index contributed by atoms with van der Waals surface area (Å²) in [5.41, 5.74) is 0. The van der Waals surface area contributed by atoms with Gasteiger partial charge < -0.3 is 4.48 Å². The van der Waals surface area contributed by atoms with Gasteiger partial charge in [-0.05, 0) is 38.8 Å². The molecule has 2 heteroatoms. The van der Waals surface area contributed by atoms with E-state index >= 15 is 0 Å². The van der Waals surface area contributed by atoms with Gasteiger partial charge in [0.25, 0.3) is 0 Å². The molecule has 0 atom stereocenters. The van der Waals surface area contributed by atoms with E-state index in [2.05, 4.69) is 39.6 Å². The maximum atomic E-state index is 2.72. The van der Waals surface area contributed by atoms with Crippen LogP contribution in [-0.4, -0.2) is 55.7 Å². The maximum Gasteiger partial charge on any atom is 0.0913 e. The first kappa shape index (κ1) is 20.9. The van der Waals surface area contributed by atoms with Crippen molar-refractivity contribution >= 4 is 0 Å². The zero-order valence-electron chi connectivity index (χ0n) is 15.8. The zero-order chi connectivity index (χ0) is 16.0. The van der Waals surface area contributed by atoms with Crippen molar-refractivity contribution in [3.63, 3.8) is 0 Å². The summed E-state index contributed by atoms with van der Waals surface area (Å²) in [7, 11) is 2.49. The standard InChI is InChI=1S/C19H43N2/c1-6-10-14-20(15-11-7-2)16-19-21(5,17-12-8-3)18-13-9-4/h6-19H2,1-5H3/q+1. The molecule has 0 aliphatic rings. The van der Waals surface area contributed by atoms with Gasteiger partial charge in [0.05, 0.1) is 26.7 Å². The summed E-state index contributed by atoms with van der Waals surface area (Å²) in [6.07, 6.45) is 10.8. The molecule has 0 spiro atoms. The molecule has 0 aromatic rings. The molecule has 2 nitrogen and oxygen atoms in total. The Hall–Kier alpha value is -0.0800. The average Bonchev–Trinajstić information content (AvgIpc) is 2.50. The van der Waals surface area contributed by atoms with Gasteiger partial charge in [-0.1, -0.05) is 53.4 Å². The van der Waals surface area contributed by atoms with Crippen molar-refractivity contribution in [3.8, 4) is 0 Å². The lowest BCUT2D eigenvalue weighted by molar-refractivity contribution is -0.909. The molecule has 0 amide bonds. The molecule has 128 valence electrons. The van der Waals surface area contributed by atoms with Gasteiger partial charge in [0.2, 0.25) is 0 Å². The Kier molecular flexibility index (Phi) is 13.5. The Balaban J connectivity index is 4.34. The summed E-state index contributed by atoms with van der Waals surface area (Å²) < 4.78 is 1.29. The molecular weight excluding hydrogens is 256 g/mol. The van der Waals surface area contributed by atoms with E-state index in [1.165, 1.54) is 95.1 Å². The highest BCUT2D eigenvalue weighted by molar-refractivity contribution is 4.58. The Morgan fingerprint density at radius 3 is 1.38 bits per heavy atom. The number of nitrogens with zero attached hydrogens (tertiary/aromatic N) is 2. The van der Waals surface area contributed by atoms with Gasteiger partial charge in [0.1, 0.15) is 0 Å². The number of quaternary nitrogens is 1. The highest BCUT2D eigenvalue weighted by atomic mass is 15.3. The fourth-order valence-corrected chi connectivity index (χ4v) is 2.90. The van der Waals surface area contributed by atoms with Crippen LogP contribution in [0.25, 0.3) is 0 Å². The predicted molar refractivity (Wildman–Crippen MR) is 96.9 cm³/mol. The topological polar surface area (TPSA) is 3.24 Å². The molecule has 0 radical (unpaired) electrons. The van der Waals surface area contributed by atoms with E-state index in [0.29, 0.717) is 0 Å². The van der Waals surface area contributed by atoms with Gasteiger partial charge in [-0.2, -0.15) is 0 Å². The van der Waals surface area contributed by atoms with Crippen molar-refractivity contribution in [2.75, 3.05) is 46.3 Å². The Bertz CT molecular complexity index is 200. The molecule has 0 rings (SSSR count). The number of unbranched alkanes of at least 4 members (excludes halogenated alkanes) is 4. The molecule has 0 unspecified atom stereocenters. The van der Waals surface area contributed by atoms with Crippen molar-refractivity contribution in [3.05, 3.63) is 0 Å². The summed E-state index contributed by atoms with van der Waals surface area (Å²) in [5.74, 6) is 0. The monoisotopic (exact) mass is 299 g/mol. The third-order valence-electron chi connectivity index (χ3n) is 4.71. The van der Waals surface area contributed by atoms with E-state index in [1.807, 2.05) is 0 Å². The van der Waals surface area contributed by atoms with E-state index in [1.54, 1.807) is 0 Å².